The number of benzene rings is 1. The van der Waals surface area contributed by atoms with Gasteiger partial charge in [-0.05, 0) is 19.8 Å². The maximum atomic E-state index is 12.5. The van der Waals surface area contributed by atoms with Gasteiger partial charge in [-0.1, -0.05) is 41.2 Å². The van der Waals surface area contributed by atoms with E-state index in [9.17, 15) is 4.79 Å². The van der Waals surface area contributed by atoms with Gasteiger partial charge in [0.15, 0.2) is 5.82 Å². The number of urea groups is 1. The lowest BCUT2D eigenvalue weighted by Gasteiger charge is -2.27. The molecule has 0 spiro atoms. The second-order valence-electron chi connectivity index (χ2n) is 7.46. The molecule has 1 fully saturated rings. The van der Waals surface area contributed by atoms with Crippen molar-refractivity contribution >= 4 is 22.3 Å². The summed E-state index contributed by atoms with van der Waals surface area (Å²) in [5, 5.41) is 7.74. The Bertz CT molecular complexity index is 1000. The summed E-state index contributed by atoms with van der Waals surface area (Å²) < 4.78 is 7.53. The van der Waals surface area contributed by atoms with Gasteiger partial charge in [0.25, 0.3) is 0 Å². The number of hydrogen-bond donors (Lipinski definition) is 1. The molecule has 2 aliphatic heterocycles. The van der Waals surface area contributed by atoms with Crippen LogP contribution < -0.4 is 5.32 Å². The minimum Gasteiger partial charge on any atom is -0.376 e. The van der Waals surface area contributed by atoms with Crippen LogP contribution in [0.25, 0.3) is 16.3 Å². The van der Waals surface area contributed by atoms with Gasteiger partial charge in [-0.15, -0.1) is 5.10 Å². The Hall–Kier alpha value is -2.45. The Balaban J connectivity index is 1.30. The number of rotatable bonds is 3. The molecule has 28 heavy (non-hydrogen) atoms. The lowest BCUT2D eigenvalue weighted by Crippen LogP contribution is -2.44. The normalized spacial score (nSPS) is 19.2. The molecule has 4 heterocycles. The molecule has 2 aliphatic rings. The van der Waals surface area contributed by atoms with Gasteiger partial charge in [0.2, 0.25) is 4.96 Å². The molecular weight excluding hydrogens is 374 g/mol. The first-order valence-electron chi connectivity index (χ1n) is 9.76. The van der Waals surface area contributed by atoms with E-state index in [1.807, 2.05) is 9.42 Å². The van der Waals surface area contributed by atoms with Crippen LogP contribution in [-0.2, 0) is 17.7 Å². The van der Waals surface area contributed by atoms with Crippen molar-refractivity contribution in [2.45, 2.75) is 38.8 Å². The van der Waals surface area contributed by atoms with Crippen molar-refractivity contribution in [3.63, 3.8) is 0 Å². The molecule has 0 saturated carbocycles. The van der Waals surface area contributed by atoms with Gasteiger partial charge in [0, 0.05) is 36.6 Å². The first kappa shape index (κ1) is 17.6. The third-order valence-electron chi connectivity index (χ3n) is 5.42. The highest BCUT2D eigenvalue weighted by molar-refractivity contribution is 7.17. The summed E-state index contributed by atoms with van der Waals surface area (Å²) in [7, 11) is 0. The van der Waals surface area contributed by atoms with Crippen molar-refractivity contribution in [3.8, 4) is 11.4 Å². The summed E-state index contributed by atoms with van der Waals surface area (Å²) in [5.41, 5.74) is 3.43. The molecule has 3 aromatic rings. The Morgan fingerprint density at radius 1 is 1.36 bits per heavy atom. The van der Waals surface area contributed by atoms with Crippen LogP contribution in [0, 0.1) is 6.92 Å². The summed E-state index contributed by atoms with van der Waals surface area (Å²) >= 11 is 1.63. The number of carbonyl (C=O) groups is 1. The number of ether oxygens (including phenoxy) is 1. The summed E-state index contributed by atoms with van der Waals surface area (Å²) in [5.74, 6) is 0.755. The zero-order valence-electron chi connectivity index (χ0n) is 15.9. The van der Waals surface area contributed by atoms with E-state index in [1.165, 1.54) is 16.1 Å². The van der Waals surface area contributed by atoms with E-state index in [-0.39, 0.29) is 12.1 Å². The highest BCUT2D eigenvalue weighted by Gasteiger charge is 2.27. The number of fused-ring (bicyclic) bond motifs is 3. The van der Waals surface area contributed by atoms with Crippen molar-refractivity contribution < 1.29 is 9.53 Å². The Kier molecular flexibility index (Phi) is 4.52. The molecule has 146 valence electrons. The fourth-order valence-corrected chi connectivity index (χ4v) is 4.92. The van der Waals surface area contributed by atoms with Crippen molar-refractivity contribution in [2.75, 3.05) is 19.7 Å². The molecule has 7 nitrogen and oxygen atoms in total. The van der Waals surface area contributed by atoms with E-state index in [4.69, 9.17) is 14.8 Å². The maximum absolute atomic E-state index is 12.5. The highest BCUT2D eigenvalue weighted by atomic mass is 32.1. The van der Waals surface area contributed by atoms with Gasteiger partial charge < -0.3 is 15.0 Å². The van der Waals surface area contributed by atoms with Crippen LogP contribution in [0.15, 0.2) is 24.3 Å². The van der Waals surface area contributed by atoms with Gasteiger partial charge in [0.05, 0.1) is 18.3 Å². The zero-order chi connectivity index (χ0) is 19.1. The van der Waals surface area contributed by atoms with Crippen molar-refractivity contribution in [1.29, 1.82) is 0 Å². The largest absolute Gasteiger partial charge is 0.376 e. The number of aromatic nitrogens is 3. The summed E-state index contributed by atoms with van der Waals surface area (Å²) in [6, 6.07) is 8.25. The van der Waals surface area contributed by atoms with E-state index in [0.717, 1.165) is 42.2 Å². The summed E-state index contributed by atoms with van der Waals surface area (Å²) in [6.07, 6.45) is 3.07. The molecule has 1 atom stereocenters. The molecule has 1 aromatic carbocycles. The van der Waals surface area contributed by atoms with E-state index < -0.39 is 0 Å². The summed E-state index contributed by atoms with van der Waals surface area (Å²) in [4.78, 5) is 21.2. The number of nitrogens with one attached hydrogen (secondary N) is 1. The van der Waals surface area contributed by atoms with Gasteiger partial charge >= 0.3 is 6.03 Å². The molecule has 0 unspecified atom stereocenters. The van der Waals surface area contributed by atoms with Gasteiger partial charge in [-0.25, -0.2) is 9.31 Å². The number of hydrogen-bond acceptors (Lipinski definition) is 5. The number of carbonyl (C=O) groups excluding carboxylic acids is 1. The molecule has 2 amide bonds. The molecule has 0 bridgehead atoms. The Labute approximate surface area is 167 Å². The van der Waals surface area contributed by atoms with Crippen LogP contribution in [-0.4, -0.2) is 51.3 Å². The zero-order valence-corrected chi connectivity index (χ0v) is 16.7. The lowest BCUT2D eigenvalue weighted by atomic mass is 10.1. The first-order chi connectivity index (χ1) is 13.7. The SMILES string of the molecule is Cc1ccc(-c2nc3sc4c(n3n2)CCN(C(=O)NC[C@@H]2CCCO2)C4)cc1. The topological polar surface area (TPSA) is 71.8 Å². The number of thiazole rings is 1. The Morgan fingerprint density at radius 3 is 3.00 bits per heavy atom. The lowest BCUT2D eigenvalue weighted by molar-refractivity contribution is 0.108. The minimum absolute atomic E-state index is 0.0134. The Morgan fingerprint density at radius 2 is 2.21 bits per heavy atom. The molecule has 2 aromatic heterocycles. The standard InChI is InChI=1S/C20H23N5O2S/c1-13-4-6-14(7-5-13)18-22-20-25(23-18)16-8-9-24(12-17(16)28-20)19(26)21-11-15-3-2-10-27-15/h4-7,15H,2-3,8-12H2,1H3,(H,21,26)/t15-/m0/s1. The highest BCUT2D eigenvalue weighted by Crippen LogP contribution is 2.29. The van der Waals surface area contributed by atoms with E-state index in [2.05, 4.69) is 36.5 Å². The maximum Gasteiger partial charge on any atom is 0.317 e. The molecular formula is C20H23N5O2S. The van der Waals surface area contributed by atoms with Crippen LogP contribution in [0.2, 0.25) is 0 Å². The van der Waals surface area contributed by atoms with Gasteiger partial charge in [-0.3, -0.25) is 0 Å². The van der Waals surface area contributed by atoms with Crippen LogP contribution in [0.4, 0.5) is 4.79 Å². The van der Waals surface area contributed by atoms with Crippen LogP contribution >= 0.6 is 11.3 Å². The van der Waals surface area contributed by atoms with E-state index >= 15 is 0 Å². The fraction of sp³-hybridized carbons (Fsp3) is 0.450. The summed E-state index contributed by atoms with van der Waals surface area (Å²) in [6.45, 7) is 4.78. The van der Waals surface area contributed by atoms with E-state index in [1.54, 1.807) is 11.3 Å². The van der Waals surface area contributed by atoms with Gasteiger partial charge in [0.1, 0.15) is 0 Å². The fourth-order valence-electron chi connectivity index (χ4n) is 3.81. The van der Waals surface area contributed by atoms with Crippen LogP contribution in [0.1, 0.15) is 29.0 Å². The van der Waals surface area contributed by atoms with Gasteiger partial charge in [-0.2, -0.15) is 4.98 Å². The number of nitrogens with zero attached hydrogens (tertiary/aromatic N) is 4. The third-order valence-corrected chi connectivity index (χ3v) is 6.48. The second-order valence-corrected chi connectivity index (χ2v) is 8.52. The number of aryl methyl sites for hydroxylation is 1. The molecule has 5 rings (SSSR count). The quantitative estimate of drug-likeness (QED) is 0.737. The van der Waals surface area contributed by atoms with Crippen LogP contribution in [0.5, 0.6) is 0 Å². The molecule has 0 radical (unpaired) electrons. The average molecular weight is 398 g/mol. The molecule has 0 aliphatic carbocycles. The second kappa shape index (κ2) is 7.18. The van der Waals surface area contributed by atoms with E-state index in [0.29, 0.717) is 19.6 Å². The predicted octanol–water partition coefficient (Wildman–Crippen LogP) is 3.01. The third kappa shape index (κ3) is 3.27. The predicted molar refractivity (Wildman–Crippen MR) is 108 cm³/mol. The van der Waals surface area contributed by atoms with Crippen molar-refractivity contribution in [1.82, 2.24) is 24.8 Å². The minimum atomic E-state index is -0.0134. The monoisotopic (exact) mass is 397 g/mol. The number of amides is 2. The molecule has 8 heteroatoms. The molecule has 1 saturated heterocycles. The van der Waals surface area contributed by atoms with Crippen molar-refractivity contribution in [3.05, 3.63) is 40.4 Å². The van der Waals surface area contributed by atoms with Crippen LogP contribution in [0.3, 0.4) is 0 Å². The first-order valence-corrected chi connectivity index (χ1v) is 10.6. The van der Waals surface area contributed by atoms with Crippen molar-refractivity contribution in [2.24, 2.45) is 0 Å². The average Bonchev–Trinajstić information content (AvgIpc) is 3.42. The molecule has 1 N–H and O–H groups in total. The smallest absolute Gasteiger partial charge is 0.317 e.